The molecular formula is CHCl2FeN. The van der Waals surface area contributed by atoms with Crippen LogP contribution in [0.4, 0.5) is 0 Å². The molecule has 0 radical (unpaired) electrons. The topological polar surface area (TPSA) is 23.8 Å². The first kappa shape index (κ1) is 9.14. The van der Waals surface area contributed by atoms with Gasteiger partial charge in [-0.3, -0.25) is 0 Å². The zero-order valence-corrected chi connectivity index (χ0v) is 4.75. The van der Waals surface area contributed by atoms with E-state index < -0.39 is 0 Å². The van der Waals surface area contributed by atoms with Crippen LogP contribution in [0.25, 0.3) is 0 Å². The second kappa shape index (κ2) is 23.4. The van der Waals surface area contributed by atoms with Crippen molar-refractivity contribution in [2.24, 2.45) is 0 Å². The van der Waals surface area contributed by atoms with E-state index in [0.29, 0.717) is 0 Å². The molecule has 32 valence electrons. The molecule has 4 heteroatoms. The summed E-state index contributed by atoms with van der Waals surface area (Å²) in [4.78, 5) is 0. The van der Waals surface area contributed by atoms with E-state index in [1.807, 2.05) is 0 Å². The van der Waals surface area contributed by atoms with Crippen LogP contribution in [0, 0.1) is 11.8 Å². The van der Waals surface area contributed by atoms with E-state index in [-0.39, 0.29) is 13.1 Å². The standard InChI is InChI=1S/CHN.2ClH.Fe/c1-2;;;/h1H;2*1H;/q;;;+2/p-2. The SMILES string of the molecule is C#N.[Cl][Fe][Cl]. The van der Waals surface area contributed by atoms with Crippen molar-refractivity contribution >= 4 is 20.2 Å². The van der Waals surface area contributed by atoms with Gasteiger partial charge in [0.1, 0.15) is 0 Å². The summed E-state index contributed by atoms with van der Waals surface area (Å²) in [6.07, 6.45) is 0. The molecule has 0 saturated carbocycles. The summed E-state index contributed by atoms with van der Waals surface area (Å²) in [5.74, 6) is 0. The minimum atomic E-state index is 0.194. The maximum atomic E-state index is 6.50. The summed E-state index contributed by atoms with van der Waals surface area (Å²) in [6.45, 7) is 3.50. The van der Waals surface area contributed by atoms with Crippen molar-refractivity contribution in [3.63, 3.8) is 0 Å². The second-order valence-electron chi connectivity index (χ2n) is 0.0505. The Kier molecular flexibility index (Phi) is 42.8. The number of nitrogens with zero attached hydrogens (tertiary/aromatic N) is 1. The van der Waals surface area contributed by atoms with Crippen LogP contribution in [0.3, 0.4) is 0 Å². The van der Waals surface area contributed by atoms with E-state index in [2.05, 4.69) is 6.57 Å². The van der Waals surface area contributed by atoms with Crippen molar-refractivity contribution < 1.29 is 13.1 Å². The van der Waals surface area contributed by atoms with Crippen molar-refractivity contribution in [2.45, 2.75) is 0 Å². The summed E-state index contributed by atoms with van der Waals surface area (Å²) in [7, 11) is 9.53. The molecule has 0 unspecified atom stereocenters. The summed E-state index contributed by atoms with van der Waals surface area (Å²) in [6, 6.07) is 0. The Bertz CT molecular complexity index is 20.9. The van der Waals surface area contributed by atoms with Gasteiger partial charge in [-0.25, -0.2) is 5.26 Å². The molecule has 0 aromatic rings. The molecule has 0 aromatic carbocycles. The van der Waals surface area contributed by atoms with Gasteiger partial charge in [0.15, 0.2) is 0 Å². The molecule has 0 aromatic heterocycles. The van der Waals surface area contributed by atoms with Gasteiger partial charge in [0.2, 0.25) is 0 Å². The molecule has 0 atom stereocenters. The van der Waals surface area contributed by atoms with Gasteiger partial charge < -0.3 is 0 Å². The van der Waals surface area contributed by atoms with E-state index in [1.165, 1.54) is 0 Å². The third kappa shape index (κ3) is 88.6. The van der Waals surface area contributed by atoms with E-state index in [9.17, 15) is 0 Å². The maximum absolute atomic E-state index is 6.50. The molecule has 0 heterocycles. The van der Waals surface area contributed by atoms with Crippen LogP contribution in [0.5, 0.6) is 0 Å². The molecule has 0 aliphatic heterocycles. The molecule has 0 spiro atoms. The van der Waals surface area contributed by atoms with Gasteiger partial charge in [-0.2, -0.15) is 0 Å². The number of hydrogen-bond acceptors (Lipinski definition) is 1. The monoisotopic (exact) mass is 153 g/mol. The molecule has 0 N–H and O–H groups in total. The third-order valence-corrected chi connectivity index (χ3v) is 0. The summed E-state index contributed by atoms with van der Waals surface area (Å²) in [5, 5.41) is 6.50. The first-order valence-corrected chi connectivity index (χ1v) is 3.56. The molecule has 0 fully saturated rings. The third-order valence-electron chi connectivity index (χ3n) is 0. The summed E-state index contributed by atoms with van der Waals surface area (Å²) >= 11 is 0.194. The van der Waals surface area contributed by atoms with Crippen molar-refractivity contribution in [3.05, 3.63) is 0 Å². The van der Waals surface area contributed by atoms with E-state index in [1.54, 1.807) is 0 Å². The molecule has 0 rings (SSSR count). The van der Waals surface area contributed by atoms with Gasteiger partial charge in [0, 0.05) is 6.57 Å². The Balaban J connectivity index is 0. The average Bonchev–Trinajstić information content (AvgIpc) is 1.46. The van der Waals surface area contributed by atoms with Gasteiger partial charge in [0.25, 0.3) is 0 Å². The summed E-state index contributed by atoms with van der Waals surface area (Å²) < 4.78 is 0. The average molecular weight is 154 g/mol. The molecule has 0 aliphatic carbocycles. The molecule has 0 aliphatic rings. The zero-order chi connectivity index (χ0) is 4.71. The predicted octanol–water partition coefficient (Wildman–Crippen LogP) is 1.52. The molecule has 0 amide bonds. The van der Waals surface area contributed by atoms with Crippen LogP contribution >= 0.6 is 20.2 Å². The summed E-state index contributed by atoms with van der Waals surface area (Å²) in [5.41, 5.74) is 0. The number of rotatable bonds is 0. The Morgan fingerprint density at radius 3 is 1.40 bits per heavy atom. The Hall–Kier alpha value is 0.589. The van der Waals surface area contributed by atoms with Gasteiger partial charge >= 0.3 is 33.3 Å². The van der Waals surface area contributed by atoms with Crippen molar-refractivity contribution in [1.29, 1.82) is 5.26 Å². The Morgan fingerprint density at radius 1 is 1.40 bits per heavy atom. The van der Waals surface area contributed by atoms with Gasteiger partial charge in [-0.15, -0.1) is 0 Å². The van der Waals surface area contributed by atoms with E-state index >= 15 is 0 Å². The Morgan fingerprint density at radius 2 is 1.40 bits per heavy atom. The molecule has 5 heavy (non-hydrogen) atoms. The number of halogens is 2. The van der Waals surface area contributed by atoms with Crippen LogP contribution in [-0.4, -0.2) is 0 Å². The fourth-order valence-corrected chi connectivity index (χ4v) is 0. The van der Waals surface area contributed by atoms with E-state index in [4.69, 9.17) is 25.5 Å². The van der Waals surface area contributed by atoms with Gasteiger partial charge in [0.05, 0.1) is 0 Å². The van der Waals surface area contributed by atoms with Crippen LogP contribution in [0.1, 0.15) is 0 Å². The second-order valence-corrected chi connectivity index (χ2v) is 1.87. The predicted molar refractivity (Wildman–Crippen MR) is 18.4 cm³/mol. The van der Waals surface area contributed by atoms with Crippen LogP contribution in [0.2, 0.25) is 0 Å². The minimum absolute atomic E-state index is 0.194. The Labute approximate surface area is 45.5 Å². The van der Waals surface area contributed by atoms with Crippen molar-refractivity contribution in [1.82, 2.24) is 0 Å². The molecule has 0 saturated heterocycles. The molecule has 0 bridgehead atoms. The quantitative estimate of drug-likeness (QED) is 0.485. The normalized spacial score (nSPS) is 4.80. The van der Waals surface area contributed by atoms with Crippen LogP contribution < -0.4 is 0 Å². The first-order chi connectivity index (χ1) is 2.41. The van der Waals surface area contributed by atoms with E-state index in [0.717, 1.165) is 0 Å². The fourth-order valence-electron chi connectivity index (χ4n) is 0. The van der Waals surface area contributed by atoms with Crippen LogP contribution in [-0.2, 0) is 13.1 Å². The first-order valence-electron chi connectivity index (χ1n) is 0.525. The van der Waals surface area contributed by atoms with Gasteiger partial charge in [-0.1, -0.05) is 0 Å². The molecular weight excluding hydrogens is 153 g/mol. The van der Waals surface area contributed by atoms with Crippen molar-refractivity contribution in [3.8, 4) is 6.57 Å². The van der Waals surface area contributed by atoms with Gasteiger partial charge in [-0.05, 0) is 0 Å². The number of nitriles is 1. The van der Waals surface area contributed by atoms with Crippen molar-refractivity contribution in [2.75, 3.05) is 0 Å². The fraction of sp³-hybridized carbons (Fsp3) is 0. The molecule has 1 nitrogen and oxygen atoms in total. The number of hydrogen-bond donors (Lipinski definition) is 0. The van der Waals surface area contributed by atoms with Crippen LogP contribution in [0.15, 0.2) is 0 Å². The zero-order valence-electron chi connectivity index (χ0n) is 2.13.